The summed E-state index contributed by atoms with van der Waals surface area (Å²) in [6.07, 6.45) is 2.86. The number of rotatable bonds is 3. The Balaban J connectivity index is 0.00000218. The van der Waals surface area contributed by atoms with Crippen molar-refractivity contribution in [2.24, 2.45) is 7.05 Å². The van der Waals surface area contributed by atoms with E-state index in [4.69, 9.17) is 0 Å². The highest BCUT2D eigenvalue weighted by Crippen LogP contribution is 2.29. The maximum atomic E-state index is 12.9. The third kappa shape index (κ3) is 3.35. The van der Waals surface area contributed by atoms with Crippen molar-refractivity contribution in [1.82, 2.24) is 14.5 Å². The summed E-state index contributed by atoms with van der Waals surface area (Å²) in [7, 11) is 2.11. The van der Waals surface area contributed by atoms with Crippen LogP contribution in [0, 0.1) is 0 Å². The Morgan fingerprint density at radius 3 is 2.57 bits per heavy atom. The van der Waals surface area contributed by atoms with Crippen LogP contribution in [0.3, 0.4) is 0 Å². The molecule has 0 radical (unpaired) electrons. The Bertz CT molecular complexity index is 1270. The quantitative estimate of drug-likeness (QED) is 0.531. The van der Waals surface area contributed by atoms with Crippen LogP contribution in [-0.2, 0) is 26.6 Å². The van der Waals surface area contributed by atoms with Gasteiger partial charge in [-0.25, -0.2) is 0 Å². The molecule has 1 aliphatic heterocycles. The zero-order chi connectivity index (χ0) is 20.0. The number of halogens is 1. The molecular formula is C24H24ClN3O2. The molecule has 0 fully saturated rings. The smallest absolute Gasteiger partial charge is 0.255 e. The minimum Gasteiger partial charge on any atom is -0.392 e. The second-order valence-electron chi connectivity index (χ2n) is 7.59. The Kier molecular flexibility index (Phi) is 5.52. The average molecular weight is 422 g/mol. The molecule has 2 aromatic carbocycles. The van der Waals surface area contributed by atoms with Crippen LogP contribution in [-0.4, -0.2) is 20.8 Å². The number of nitrogens with one attached hydrogen (secondary N) is 1. The molecule has 0 spiro atoms. The van der Waals surface area contributed by atoms with Gasteiger partial charge in [-0.3, -0.25) is 9.36 Å². The summed E-state index contributed by atoms with van der Waals surface area (Å²) in [6, 6.07) is 17.5. The van der Waals surface area contributed by atoms with Gasteiger partial charge in [-0.15, -0.1) is 12.4 Å². The van der Waals surface area contributed by atoms with Crippen LogP contribution >= 0.6 is 12.4 Å². The minimum atomic E-state index is -0.0614. The molecule has 0 aliphatic carbocycles. The van der Waals surface area contributed by atoms with Gasteiger partial charge in [0.1, 0.15) is 0 Å². The first-order chi connectivity index (χ1) is 14.2. The fraction of sp³-hybridized carbons (Fsp3) is 0.208. The average Bonchev–Trinajstić information content (AvgIpc) is 3.06. The second-order valence-corrected chi connectivity index (χ2v) is 7.59. The third-order valence-corrected chi connectivity index (χ3v) is 5.93. The lowest BCUT2D eigenvalue weighted by Gasteiger charge is -2.14. The van der Waals surface area contributed by atoms with Crippen molar-refractivity contribution in [3.63, 3.8) is 0 Å². The van der Waals surface area contributed by atoms with Gasteiger partial charge >= 0.3 is 0 Å². The molecular weight excluding hydrogens is 398 g/mol. The van der Waals surface area contributed by atoms with Gasteiger partial charge in [-0.2, -0.15) is 0 Å². The van der Waals surface area contributed by atoms with Gasteiger partial charge in [0.05, 0.1) is 17.8 Å². The van der Waals surface area contributed by atoms with Crippen molar-refractivity contribution < 1.29 is 5.11 Å². The summed E-state index contributed by atoms with van der Waals surface area (Å²) in [4.78, 5) is 12.9. The fourth-order valence-corrected chi connectivity index (χ4v) is 4.32. The van der Waals surface area contributed by atoms with Gasteiger partial charge in [0, 0.05) is 49.9 Å². The van der Waals surface area contributed by atoms with Crippen molar-refractivity contribution in [3.8, 4) is 16.8 Å². The van der Waals surface area contributed by atoms with Crippen LogP contribution in [0.2, 0.25) is 0 Å². The van der Waals surface area contributed by atoms with Crippen LogP contribution in [0.25, 0.3) is 27.7 Å². The minimum absolute atomic E-state index is 0. The van der Waals surface area contributed by atoms with Crippen molar-refractivity contribution in [2.45, 2.75) is 19.6 Å². The summed E-state index contributed by atoms with van der Waals surface area (Å²) >= 11 is 0. The number of fused-ring (bicyclic) bond motifs is 3. The standard InChI is InChI=1S/C24H23N3O2.ClH/c1-26-22-8-10-25-14-21(22)20-7-6-19(13-23(20)26)27-11-9-18(12-24(27)29)17-4-2-16(15-28)3-5-17;/h2-7,9,11-13,25,28H,8,10,14-15H2,1H3;1H. The maximum Gasteiger partial charge on any atom is 0.255 e. The number of aromatic nitrogens is 2. The fourth-order valence-electron chi connectivity index (χ4n) is 4.32. The summed E-state index contributed by atoms with van der Waals surface area (Å²) in [6.45, 7) is 1.92. The van der Waals surface area contributed by atoms with Crippen LogP contribution in [0.5, 0.6) is 0 Å². The first kappa shape index (κ1) is 20.4. The molecule has 1 aliphatic rings. The van der Waals surface area contributed by atoms with Crippen molar-refractivity contribution in [2.75, 3.05) is 6.54 Å². The predicted molar refractivity (Wildman–Crippen MR) is 123 cm³/mol. The van der Waals surface area contributed by atoms with Crippen molar-refractivity contribution in [3.05, 3.63) is 88.0 Å². The molecule has 5 nitrogen and oxygen atoms in total. The molecule has 0 bridgehead atoms. The molecule has 0 amide bonds. The lowest BCUT2D eigenvalue weighted by Crippen LogP contribution is -2.24. The topological polar surface area (TPSA) is 59.2 Å². The first-order valence-electron chi connectivity index (χ1n) is 9.90. The molecule has 4 aromatic rings. The number of aliphatic hydroxyl groups excluding tert-OH is 1. The number of hydrogen-bond acceptors (Lipinski definition) is 3. The molecule has 0 unspecified atom stereocenters. The van der Waals surface area contributed by atoms with Crippen molar-refractivity contribution in [1.29, 1.82) is 0 Å². The van der Waals surface area contributed by atoms with Crippen LogP contribution in [0.4, 0.5) is 0 Å². The molecule has 0 saturated carbocycles. The Hall–Kier alpha value is -2.86. The summed E-state index contributed by atoms with van der Waals surface area (Å²) in [5.74, 6) is 0. The Morgan fingerprint density at radius 2 is 1.83 bits per heavy atom. The highest BCUT2D eigenvalue weighted by atomic mass is 35.5. The molecule has 6 heteroatoms. The predicted octanol–water partition coefficient (Wildman–Crippen LogP) is 3.56. The molecule has 3 heterocycles. The third-order valence-electron chi connectivity index (χ3n) is 5.93. The van der Waals surface area contributed by atoms with Gasteiger partial charge in [0.15, 0.2) is 0 Å². The lowest BCUT2D eigenvalue weighted by atomic mass is 10.0. The number of nitrogens with zero attached hydrogens (tertiary/aromatic N) is 2. The zero-order valence-corrected chi connectivity index (χ0v) is 17.6. The number of aliphatic hydroxyl groups is 1. The Morgan fingerprint density at radius 1 is 1.03 bits per heavy atom. The molecule has 154 valence electrons. The van der Waals surface area contributed by atoms with Crippen LogP contribution < -0.4 is 10.9 Å². The first-order valence-corrected chi connectivity index (χ1v) is 9.90. The number of benzene rings is 2. The van der Waals surface area contributed by atoms with E-state index in [0.717, 1.165) is 47.4 Å². The van der Waals surface area contributed by atoms with E-state index in [-0.39, 0.29) is 24.6 Å². The van der Waals surface area contributed by atoms with Gasteiger partial charge in [0.2, 0.25) is 0 Å². The van der Waals surface area contributed by atoms with E-state index in [1.54, 1.807) is 10.6 Å². The van der Waals surface area contributed by atoms with Crippen molar-refractivity contribution >= 4 is 23.3 Å². The molecule has 5 rings (SSSR count). The normalized spacial score (nSPS) is 13.1. The molecule has 0 saturated heterocycles. The molecule has 2 N–H and O–H groups in total. The number of pyridine rings is 1. The summed E-state index contributed by atoms with van der Waals surface area (Å²) in [5.41, 5.74) is 7.41. The molecule has 0 atom stereocenters. The van der Waals surface area contributed by atoms with E-state index in [9.17, 15) is 9.90 Å². The molecule has 30 heavy (non-hydrogen) atoms. The SMILES string of the molecule is Cl.Cn1c2c(c3ccc(-n4ccc(-c5ccc(CO)cc5)cc4=O)cc31)CNCC2. The van der Waals surface area contributed by atoms with E-state index >= 15 is 0 Å². The van der Waals surface area contributed by atoms with Crippen LogP contribution in [0.1, 0.15) is 16.8 Å². The monoisotopic (exact) mass is 421 g/mol. The van der Waals surface area contributed by atoms with E-state index in [1.165, 1.54) is 16.6 Å². The van der Waals surface area contributed by atoms with Gasteiger partial charge in [0.25, 0.3) is 5.56 Å². The van der Waals surface area contributed by atoms with Gasteiger partial charge in [-0.1, -0.05) is 30.3 Å². The zero-order valence-electron chi connectivity index (χ0n) is 16.8. The number of aryl methyl sites for hydroxylation is 1. The lowest BCUT2D eigenvalue weighted by molar-refractivity contribution is 0.282. The van der Waals surface area contributed by atoms with E-state index in [1.807, 2.05) is 42.6 Å². The summed E-state index contributed by atoms with van der Waals surface area (Å²) < 4.78 is 3.95. The Labute approximate surface area is 181 Å². The highest BCUT2D eigenvalue weighted by molar-refractivity contribution is 5.87. The number of hydrogen-bond donors (Lipinski definition) is 2. The largest absolute Gasteiger partial charge is 0.392 e. The van der Waals surface area contributed by atoms with E-state index in [0.29, 0.717) is 0 Å². The molecule has 2 aromatic heterocycles. The van der Waals surface area contributed by atoms with E-state index in [2.05, 4.69) is 29.1 Å². The van der Waals surface area contributed by atoms with Gasteiger partial charge in [-0.05, 0) is 40.5 Å². The summed E-state index contributed by atoms with van der Waals surface area (Å²) in [5, 5.41) is 13.9. The highest BCUT2D eigenvalue weighted by Gasteiger charge is 2.18. The van der Waals surface area contributed by atoms with E-state index < -0.39 is 0 Å². The van der Waals surface area contributed by atoms with Gasteiger partial charge < -0.3 is 15.0 Å². The second kappa shape index (κ2) is 8.11. The maximum absolute atomic E-state index is 12.9. The van der Waals surface area contributed by atoms with Crippen LogP contribution in [0.15, 0.2) is 65.6 Å².